The van der Waals surface area contributed by atoms with E-state index in [9.17, 15) is 9.90 Å². The second kappa shape index (κ2) is 8.05. The minimum atomic E-state index is -0.835. The van der Waals surface area contributed by atoms with Crippen molar-refractivity contribution in [2.75, 3.05) is 33.4 Å². The third-order valence-corrected chi connectivity index (χ3v) is 6.32. The zero-order chi connectivity index (χ0) is 20.4. The summed E-state index contributed by atoms with van der Waals surface area (Å²) in [7, 11) is 2.05. The van der Waals surface area contributed by atoms with Gasteiger partial charge < -0.3 is 20.2 Å². The third-order valence-electron chi connectivity index (χ3n) is 6.32. The minimum absolute atomic E-state index is 0.147. The number of amides is 1. The molecule has 0 radical (unpaired) electrons. The van der Waals surface area contributed by atoms with Crippen molar-refractivity contribution in [3.05, 3.63) is 71.0 Å². The summed E-state index contributed by atoms with van der Waals surface area (Å²) in [5, 5.41) is 11.4. The number of hydrogen-bond donors (Lipinski definition) is 2. The van der Waals surface area contributed by atoms with E-state index in [-0.39, 0.29) is 11.5 Å². The quantitative estimate of drug-likeness (QED) is 0.801. The van der Waals surface area contributed by atoms with E-state index in [0.29, 0.717) is 26.3 Å². The van der Waals surface area contributed by atoms with Crippen molar-refractivity contribution in [2.24, 2.45) is 0 Å². The lowest BCUT2D eigenvalue weighted by molar-refractivity contribution is 0.0510. The zero-order valence-corrected chi connectivity index (χ0v) is 17.1. The third kappa shape index (κ3) is 3.95. The number of carbonyl (C=O) groups is 1. The van der Waals surface area contributed by atoms with Crippen LogP contribution in [0.25, 0.3) is 0 Å². The molecule has 1 aliphatic carbocycles. The Balaban J connectivity index is 1.47. The normalized spacial score (nSPS) is 23.6. The fourth-order valence-corrected chi connectivity index (χ4v) is 4.73. The number of hydrogen-bond acceptors (Lipinski definition) is 4. The summed E-state index contributed by atoms with van der Waals surface area (Å²) in [6.45, 7) is 4.35. The van der Waals surface area contributed by atoms with Crippen LogP contribution in [-0.2, 0) is 10.2 Å². The molecule has 2 N–H and O–H groups in total. The highest BCUT2D eigenvalue weighted by atomic mass is 16.5. The number of benzene rings is 1. The summed E-state index contributed by atoms with van der Waals surface area (Å²) < 4.78 is 6.33. The number of nitrogens with one attached hydrogen (secondary N) is 1. The summed E-state index contributed by atoms with van der Waals surface area (Å²) in [6, 6.07) is 10.6. The van der Waals surface area contributed by atoms with E-state index < -0.39 is 6.09 Å². The van der Waals surface area contributed by atoms with Crippen molar-refractivity contribution in [3.8, 4) is 0 Å². The molecular weight excluding hydrogens is 366 g/mol. The van der Waals surface area contributed by atoms with Crippen molar-refractivity contribution in [1.29, 1.82) is 0 Å². The van der Waals surface area contributed by atoms with Crippen LogP contribution in [0.15, 0.2) is 65.4 Å². The van der Waals surface area contributed by atoms with Gasteiger partial charge in [0.15, 0.2) is 0 Å². The molecule has 4 rings (SSSR count). The number of likely N-dealkylation sites (tertiary alicyclic amines) is 1. The van der Waals surface area contributed by atoms with Gasteiger partial charge in [-0.05, 0) is 36.5 Å². The maximum atomic E-state index is 11.4. The maximum absolute atomic E-state index is 11.4. The van der Waals surface area contributed by atoms with Crippen LogP contribution in [0.5, 0.6) is 0 Å². The Morgan fingerprint density at radius 1 is 1.24 bits per heavy atom. The van der Waals surface area contributed by atoms with E-state index in [1.165, 1.54) is 27.2 Å². The Hall–Kier alpha value is -2.57. The topological polar surface area (TPSA) is 65.0 Å². The fraction of sp³-hybridized carbons (Fsp3) is 0.435. The average Bonchev–Trinajstić information content (AvgIpc) is 3.09. The Kier molecular flexibility index (Phi) is 5.48. The van der Waals surface area contributed by atoms with Gasteiger partial charge in [0.05, 0.1) is 19.3 Å². The highest BCUT2D eigenvalue weighted by Crippen LogP contribution is 2.36. The van der Waals surface area contributed by atoms with Gasteiger partial charge in [-0.25, -0.2) is 9.80 Å². The van der Waals surface area contributed by atoms with E-state index in [1.54, 1.807) is 0 Å². The lowest BCUT2D eigenvalue weighted by Gasteiger charge is -2.41. The molecule has 1 aromatic carbocycles. The Labute approximate surface area is 172 Å². The molecule has 2 heterocycles. The second-order valence-electron chi connectivity index (χ2n) is 8.30. The fourth-order valence-electron chi connectivity index (χ4n) is 4.73. The van der Waals surface area contributed by atoms with Crippen molar-refractivity contribution < 1.29 is 14.6 Å². The molecule has 29 heavy (non-hydrogen) atoms. The lowest BCUT2D eigenvalue weighted by Crippen LogP contribution is -2.47. The van der Waals surface area contributed by atoms with E-state index in [4.69, 9.17) is 4.74 Å². The Morgan fingerprint density at radius 2 is 1.97 bits per heavy atom. The van der Waals surface area contributed by atoms with Gasteiger partial charge in [0.25, 0.3) is 0 Å². The molecule has 1 fully saturated rings. The molecular formula is C23H29N3O3. The molecule has 3 aliphatic rings. The van der Waals surface area contributed by atoms with Crippen LogP contribution in [0.2, 0.25) is 0 Å². The van der Waals surface area contributed by atoms with Crippen molar-refractivity contribution in [3.63, 3.8) is 0 Å². The highest BCUT2D eigenvalue weighted by Gasteiger charge is 2.38. The van der Waals surface area contributed by atoms with Gasteiger partial charge in [0.2, 0.25) is 0 Å². The van der Waals surface area contributed by atoms with Gasteiger partial charge in [0.1, 0.15) is 0 Å². The van der Waals surface area contributed by atoms with Gasteiger partial charge in [-0.1, -0.05) is 48.1 Å². The number of piperidine rings is 1. The minimum Gasteiger partial charge on any atom is -0.465 e. The molecule has 0 saturated carbocycles. The summed E-state index contributed by atoms with van der Waals surface area (Å²) >= 11 is 0. The molecule has 0 bridgehead atoms. The molecule has 0 spiro atoms. The molecule has 0 aromatic heterocycles. The van der Waals surface area contributed by atoms with Crippen LogP contribution in [0, 0.1) is 0 Å². The monoisotopic (exact) mass is 395 g/mol. The second-order valence-corrected chi connectivity index (χ2v) is 8.30. The summed E-state index contributed by atoms with van der Waals surface area (Å²) in [5.41, 5.74) is 8.10. The predicted molar refractivity (Wildman–Crippen MR) is 112 cm³/mol. The van der Waals surface area contributed by atoms with Crippen molar-refractivity contribution >= 4 is 6.09 Å². The van der Waals surface area contributed by atoms with Crippen molar-refractivity contribution in [2.45, 2.75) is 31.2 Å². The Bertz CT molecular complexity index is 851. The van der Waals surface area contributed by atoms with Gasteiger partial charge in [0, 0.05) is 31.8 Å². The molecule has 1 atom stereocenters. The number of allylic oxidation sites excluding steroid dienone is 2. The largest absolute Gasteiger partial charge is 0.465 e. The molecule has 6 nitrogen and oxygen atoms in total. The zero-order valence-electron chi connectivity index (χ0n) is 17.1. The number of rotatable bonds is 5. The standard InChI is InChI=1S/C23H29N3O3/c1-17-12-18-14-24-25(2)21(18)19(13-17)15-29-16-23(20-6-4-3-5-7-20)8-10-26(11-9-23)22(27)28/h3-7,12-14,21,24H,8-11,15-16H2,1-2H3,(H,27,28). The molecule has 2 aliphatic heterocycles. The molecule has 6 heteroatoms. The van der Waals surface area contributed by atoms with Crippen molar-refractivity contribution in [1.82, 2.24) is 15.3 Å². The maximum Gasteiger partial charge on any atom is 0.407 e. The number of ether oxygens (including phenoxy) is 1. The van der Waals surface area contributed by atoms with Crippen LogP contribution >= 0.6 is 0 Å². The van der Waals surface area contributed by atoms with Gasteiger partial charge in [-0.3, -0.25) is 0 Å². The number of carboxylic acid groups (broad SMARTS) is 1. The molecule has 1 amide bonds. The van der Waals surface area contributed by atoms with E-state index in [0.717, 1.165) is 12.8 Å². The van der Waals surface area contributed by atoms with Crippen LogP contribution in [0.3, 0.4) is 0 Å². The average molecular weight is 396 g/mol. The molecule has 1 unspecified atom stereocenters. The Morgan fingerprint density at radius 3 is 2.66 bits per heavy atom. The molecule has 1 saturated heterocycles. The smallest absolute Gasteiger partial charge is 0.407 e. The number of likely N-dealkylation sites (N-methyl/N-ethyl adjacent to an activating group) is 1. The first-order valence-corrected chi connectivity index (χ1v) is 10.2. The van der Waals surface area contributed by atoms with Crippen LogP contribution in [0.1, 0.15) is 25.3 Å². The van der Waals surface area contributed by atoms with Gasteiger partial charge >= 0.3 is 6.09 Å². The summed E-state index contributed by atoms with van der Waals surface area (Å²) in [6.07, 6.45) is 7.19. The molecule has 1 aromatic rings. The van der Waals surface area contributed by atoms with Crippen LogP contribution in [-0.4, -0.2) is 60.5 Å². The number of hydrazine groups is 1. The van der Waals surface area contributed by atoms with Gasteiger partial charge in [-0.15, -0.1) is 0 Å². The van der Waals surface area contributed by atoms with Crippen LogP contribution < -0.4 is 5.43 Å². The summed E-state index contributed by atoms with van der Waals surface area (Å²) in [5.74, 6) is 0. The first-order valence-electron chi connectivity index (χ1n) is 10.2. The first-order chi connectivity index (χ1) is 14.0. The summed E-state index contributed by atoms with van der Waals surface area (Å²) in [4.78, 5) is 12.9. The van der Waals surface area contributed by atoms with E-state index >= 15 is 0 Å². The highest BCUT2D eigenvalue weighted by molar-refractivity contribution is 5.65. The molecule has 154 valence electrons. The van der Waals surface area contributed by atoms with E-state index in [1.807, 2.05) is 19.3 Å². The first kappa shape index (κ1) is 19.7. The van der Waals surface area contributed by atoms with Crippen LogP contribution in [0.4, 0.5) is 4.79 Å². The predicted octanol–water partition coefficient (Wildman–Crippen LogP) is 3.30. The SMILES string of the molecule is CC1=CC2=CNN(C)C2C(COCC2(c3ccccc3)CCN(C(=O)O)CC2)=C1. The van der Waals surface area contributed by atoms with Gasteiger partial charge in [-0.2, -0.15) is 0 Å². The number of fused-ring (bicyclic) bond motifs is 1. The van der Waals surface area contributed by atoms with E-state index in [2.05, 4.69) is 53.8 Å². The lowest BCUT2D eigenvalue weighted by atomic mass is 9.73. The number of nitrogens with zero attached hydrogens (tertiary/aromatic N) is 2.